The van der Waals surface area contributed by atoms with Crippen LogP contribution in [0.5, 0.6) is 0 Å². The van der Waals surface area contributed by atoms with Crippen molar-refractivity contribution in [2.24, 2.45) is 0 Å². The van der Waals surface area contributed by atoms with E-state index in [9.17, 15) is 0 Å². The molecule has 0 spiro atoms. The fourth-order valence-corrected chi connectivity index (χ4v) is 1.92. The lowest BCUT2D eigenvalue weighted by molar-refractivity contribution is -0.888. The Morgan fingerprint density at radius 1 is 1.22 bits per heavy atom. The van der Waals surface area contributed by atoms with Gasteiger partial charge in [0.05, 0.1) is 27.2 Å². The van der Waals surface area contributed by atoms with Gasteiger partial charge in [0, 0.05) is 17.4 Å². The number of hydrogen-bond donors (Lipinski definition) is 2. The molecule has 1 aromatic rings. The molecule has 3 heteroatoms. The standard InChI is InChI=1S/C15H28N3/c1-5-18(3,4)12-6-7-13(2)17-15-10-8-14(16)9-11-15/h8-11,13,17H,5-7,12,16H2,1-4H3/q+1. The average Bonchev–Trinajstić information content (AvgIpc) is 2.32. The fraction of sp³-hybridized carbons (Fsp3) is 0.600. The van der Waals surface area contributed by atoms with Crippen LogP contribution in [0.2, 0.25) is 0 Å². The Bertz CT molecular complexity index is 343. The monoisotopic (exact) mass is 250 g/mol. The Kier molecular flexibility index (Phi) is 5.48. The number of rotatable bonds is 7. The van der Waals surface area contributed by atoms with Crippen LogP contribution in [0.25, 0.3) is 0 Å². The van der Waals surface area contributed by atoms with Gasteiger partial charge in [0.2, 0.25) is 0 Å². The zero-order chi connectivity index (χ0) is 13.6. The number of hydrogen-bond acceptors (Lipinski definition) is 2. The van der Waals surface area contributed by atoms with Crippen LogP contribution >= 0.6 is 0 Å². The van der Waals surface area contributed by atoms with Crippen molar-refractivity contribution >= 4 is 11.4 Å². The molecule has 0 radical (unpaired) electrons. The van der Waals surface area contributed by atoms with Gasteiger partial charge in [-0.2, -0.15) is 0 Å². The van der Waals surface area contributed by atoms with E-state index in [-0.39, 0.29) is 0 Å². The van der Waals surface area contributed by atoms with Crippen LogP contribution in [0.3, 0.4) is 0 Å². The van der Waals surface area contributed by atoms with Gasteiger partial charge < -0.3 is 15.5 Å². The Morgan fingerprint density at radius 3 is 2.39 bits per heavy atom. The SMILES string of the molecule is CC[N+](C)(C)CCCC(C)Nc1ccc(N)cc1. The second-order valence-electron chi connectivity index (χ2n) is 5.79. The van der Waals surface area contributed by atoms with Gasteiger partial charge in [-0.3, -0.25) is 0 Å². The van der Waals surface area contributed by atoms with E-state index < -0.39 is 0 Å². The maximum absolute atomic E-state index is 5.67. The van der Waals surface area contributed by atoms with E-state index >= 15 is 0 Å². The Labute approximate surface area is 112 Å². The number of quaternary nitrogens is 1. The number of nitrogens with zero attached hydrogens (tertiary/aromatic N) is 1. The van der Waals surface area contributed by atoms with E-state index in [4.69, 9.17) is 5.73 Å². The zero-order valence-electron chi connectivity index (χ0n) is 12.2. The molecule has 18 heavy (non-hydrogen) atoms. The Balaban J connectivity index is 2.29. The summed E-state index contributed by atoms with van der Waals surface area (Å²) >= 11 is 0. The maximum Gasteiger partial charge on any atom is 0.0783 e. The van der Waals surface area contributed by atoms with Crippen LogP contribution in [0, 0.1) is 0 Å². The molecular formula is C15H28N3+. The van der Waals surface area contributed by atoms with Crippen LogP contribution in [0.4, 0.5) is 11.4 Å². The van der Waals surface area contributed by atoms with Crippen LogP contribution in [0.1, 0.15) is 26.7 Å². The average molecular weight is 250 g/mol. The number of nitrogen functional groups attached to an aromatic ring is 1. The molecule has 1 aromatic carbocycles. The number of nitrogens with two attached hydrogens (primary N) is 1. The highest BCUT2D eigenvalue weighted by Crippen LogP contribution is 2.13. The van der Waals surface area contributed by atoms with Crippen molar-refractivity contribution in [3.63, 3.8) is 0 Å². The van der Waals surface area contributed by atoms with Gasteiger partial charge in [-0.25, -0.2) is 0 Å². The van der Waals surface area contributed by atoms with E-state index in [1.54, 1.807) is 0 Å². The molecule has 0 bridgehead atoms. The molecule has 1 rings (SSSR count). The van der Waals surface area contributed by atoms with Crippen molar-refractivity contribution in [3.8, 4) is 0 Å². The topological polar surface area (TPSA) is 38.0 Å². The molecule has 0 aromatic heterocycles. The second kappa shape index (κ2) is 6.64. The van der Waals surface area contributed by atoms with Crippen molar-refractivity contribution in [2.45, 2.75) is 32.7 Å². The van der Waals surface area contributed by atoms with Crippen LogP contribution in [0.15, 0.2) is 24.3 Å². The highest BCUT2D eigenvalue weighted by molar-refractivity contribution is 5.51. The molecule has 102 valence electrons. The van der Waals surface area contributed by atoms with Crippen LogP contribution in [-0.4, -0.2) is 37.7 Å². The first-order valence-corrected chi connectivity index (χ1v) is 6.87. The largest absolute Gasteiger partial charge is 0.399 e. The molecule has 1 unspecified atom stereocenters. The first-order chi connectivity index (χ1) is 8.43. The minimum absolute atomic E-state index is 0.505. The third-order valence-electron chi connectivity index (χ3n) is 3.58. The first kappa shape index (κ1) is 14.8. The second-order valence-corrected chi connectivity index (χ2v) is 5.79. The predicted molar refractivity (Wildman–Crippen MR) is 80.7 cm³/mol. The lowest BCUT2D eigenvalue weighted by atomic mass is 10.1. The number of nitrogens with one attached hydrogen (secondary N) is 1. The van der Waals surface area contributed by atoms with E-state index in [1.165, 1.54) is 25.9 Å². The smallest absolute Gasteiger partial charge is 0.0783 e. The number of anilines is 2. The van der Waals surface area contributed by atoms with Gasteiger partial charge >= 0.3 is 0 Å². The third-order valence-corrected chi connectivity index (χ3v) is 3.58. The van der Waals surface area contributed by atoms with E-state index in [1.807, 2.05) is 24.3 Å². The highest BCUT2D eigenvalue weighted by Gasteiger charge is 2.12. The quantitative estimate of drug-likeness (QED) is 0.577. The summed E-state index contributed by atoms with van der Waals surface area (Å²) in [4.78, 5) is 0. The summed E-state index contributed by atoms with van der Waals surface area (Å²) in [7, 11) is 4.58. The van der Waals surface area contributed by atoms with E-state index in [0.717, 1.165) is 15.9 Å². The Morgan fingerprint density at radius 2 is 1.83 bits per heavy atom. The molecule has 0 aliphatic rings. The highest BCUT2D eigenvalue weighted by atomic mass is 15.3. The van der Waals surface area contributed by atoms with Crippen LogP contribution < -0.4 is 11.1 Å². The first-order valence-electron chi connectivity index (χ1n) is 6.87. The molecule has 0 fully saturated rings. The molecule has 3 N–H and O–H groups in total. The molecule has 1 atom stereocenters. The Hall–Kier alpha value is -1.22. The molecule has 0 saturated carbocycles. The third kappa shape index (κ3) is 5.41. The predicted octanol–water partition coefficient (Wildman–Crippen LogP) is 2.95. The molecule has 0 saturated heterocycles. The summed E-state index contributed by atoms with van der Waals surface area (Å²) in [6, 6.07) is 8.46. The fourth-order valence-electron chi connectivity index (χ4n) is 1.92. The van der Waals surface area contributed by atoms with Gasteiger partial charge in [-0.05, 0) is 51.0 Å². The minimum atomic E-state index is 0.505. The summed E-state index contributed by atoms with van der Waals surface area (Å²) in [5.41, 5.74) is 7.64. The minimum Gasteiger partial charge on any atom is -0.399 e. The molecular weight excluding hydrogens is 222 g/mol. The van der Waals surface area contributed by atoms with Crippen molar-refractivity contribution in [1.82, 2.24) is 0 Å². The molecule has 0 aliphatic carbocycles. The summed E-state index contributed by atoms with van der Waals surface area (Å²) in [5, 5.41) is 3.51. The normalized spacial score (nSPS) is 13.3. The van der Waals surface area contributed by atoms with Crippen molar-refractivity contribution in [1.29, 1.82) is 0 Å². The van der Waals surface area contributed by atoms with Gasteiger partial charge in [0.1, 0.15) is 0 Å². The summed E-state index contributed by atoms with van der Waals surface area (Å²) < 4.78 is 1.11. The lowest BCUT2D eigenvalue weighted by Gasteiger charge is -2.28. The molecule has 0 aliphatic heterocycles. The van der Waals surface area contributed by atoms with Gasteiger partial charge in [0.15, 0.2) is 0 Å². The van der Waals surface area contributed by atoms with Gasteiger partial charge in [0.25, 0.3) is 0 Å². The molecule has 0 heterocycles. The van der Waals surface area contributed by atoms with Gasteiger partial charge in [-0.1, -0.05) is 0 Å². The van der Waals surface area contributed by atoms with Crippen molar-refractivity contribution < 1.29 is 4.48 Å². The van der Waals surface area contributed by atoms with Crippen molar-refractivity contribution in [3.05, 3.63) is 24.3 Å². The van der Waals surface area contributed by atoms with E-state index in [2.05, 4.69) is 33.3 Å². The van der Waals surface area contributed by atoms with Crippen molar-refractivity contribution in [2.75, 3.05) is 38.2 Å². The zero-order valence-corrected chi connectivity index (χ0v) is 12.2. The summed E-state index contributed by atoms with van der Waals surface area (Å²) in [5.74, 6) is 0. The van der Waals surface area contributed by atoms with E-state index in [0.29, 0.717) is 6.04 Å². The summed E-state index contributed by atoms with van der Waals surface area (Å²) in [6.07, 6.45) is 2.45. The molecule has 3 nitrogen and oxygen atoms in total. The van der Waals surface area contributed by atoms with Gasteiger partial charge in [-0.15, -0.1) is 0 Å². The van der Waals surface area contributed by atoms with Crippen LogP contribution in [-0.2, 0) is 0 Å². The summed E-state index contributed by atoms with van der Waals surface area (Å²) in [6.45, 7) is 6.92. The number of benzene rings is 1. The maximum atomic E-state index is 5.67. The lowest BCUT2D eigenvalue weighted by Crippen LogP contribution is -2.40. The molecule has 0 amide bonds.